The van der Waals surface area contributed by atoms with E-state index in [9.17, 15) is 9.90 Å². The van der Waals surface area contributed by atoms with Gasteiger partial charge < -0.3 is 10.4 Å². The number of carbonyl (C=O) groups is 1. The summed E-state index contributed by atoms with van der Waals surface area (Å²) in [4.78, 5) is 11.8. The van der Waals surface area contributed by atoms with E-state index in [2.05, 4.69) is 50.2 Å². The lowest BCUT2D eigenvalue weighted by atomic mass is 9.79. The number of tetrazole rings is 1. The number of nitrogens with zero attached hydrogens (tertiary/aromatic N) is 3. The van der Waals surface area contributed by atoms with E-state index in [0.717, 1.165) is 18.7 Å². The number of carboxylic acid groups (broad SMARTS) is 1. The van der Waals surface area contributed by atoms with Gasteiger partial charge in [-0.25, -0.2) is 0 Å². The Hall–Kier alpha value is -2.28. The minimum Gasteiger partial charge on any atom is -0.481 e. The van der Waals surface area contributed by atoms with Crippen LogP contribution >= 0.6 is 0 Å². The van der Waals surface area contributed by atoms with E-state index < -0.39 is 11.9 Å². The summed E-state index contributed by atoms with van der Waals surface area (Å²) in [6.07, 6.45) is 1.75. The molecule has 7 nitrogen and oxygen atoms in total. The fraction of sp³-hybridized carbons (Fsp3) is 0.556. The third kappa shape index (κ3) is 4.04. The summed E-state index contributed by atoms with van der Waals surface area (Å²) in [6.45, 7) is 5.93. The fourth-order valence-corrected chi connectivity index (χ4v) is 3.75. The third-order valence-electron chi connectivity index (χ3n) is 5.10. The van der Waals surface area contributed by atoms with Crippen LogP contribution in [0, 0.1) is 11.8 Å². The molecule has 0 radical (unpaired) electrons. The standard InChI is InChI=1S/C18H25N5O2/c1-11(2)16(18(24)25)15(17-20-22-23-21-17)9-12-3-5-13(6-4-12)14-7-8-19-10-14/h3-6,11,14-16,19H,7-10H2,1-2H3,(H,24,25)(H,20,21,22,23)/t14?,15-,16-/m0/s1. The van der Waals surface area contributed by atoms with Crippen LogP contribution in [0.15, 0.2) is 24.3 Å². The molecule has 0 amide bonds. The van der Waals surface area contributed by atoms with Gasteiger partial charge in [-0.1, -0.05) is 43.3 Å². The maximum Gasteiger partial charge on any atom is 0.307 e. The van der Waals surface area contributed by atoms with Gasteiger partial charge in [0.25, 0.3) is 0 Å². The number of hydrogen-bond acceptors (Lipinski definition) is 5. The summed E-state index contributed by atoms with van der Waals surface area (Å²) < 4.78 is 0. The van der Waals surface area contributed by atoms with Gasteiger partial charge in [-0.15, -0.1) is 10.2 Å². The predicted molar refractivity (Wildman–Crippen MR) is 93.3 cm³/mol. The van der Waals surface area contributed by atoms with Crippen molar-refractivity contribution in [2.24, 2.45) is 11.8 Å². The highest BCUT2D eigenvalue weighted by Gasteiger charge is 2.35. The molecule has 134 valence electrons. The Morgan fingerprint density at radius 3 is 2.60 bits per heavy atom. The second-order valence-corrected chi connectivity index (χ2v) is 7.12. The summed E-state index contributed by atoms with van der Waals surface area (Å²) in [5.74, 6) is -0.676. The number of hydrogen-bond donors (Lipinski definition) is 3. The molecule has 1 aliphatic rings. The number of benzene rings is 1. The van der Waals surface area contributed by atoms with Crippen LogP contribution in [0.1, 0.15) is 49.1 Å². The van der Waals surface area contributed by atoms with E-state index in [0.29, 0.717) is 18.2 Å². The first-order valence-electron chi connectivity index (χ1n) is 8.82. The zero-order valence-corrected chi connectivity index (χ0v) is 14.6. The van der Waals surface area contributed by atoms with E-state index in [-0.39, 0.29) is 11.8 Å². The van der Waals surface area contributed by atoms with Gasteiger partial charge in [-0.05, 0) is 42.3 Å². The molecule has 1 aliphatic heterocycles. The van der Waals surface area contributed by atoms with Crippen molar-refractivity contribution in [3.8, 4) is 0 Å². The predicted octanol–water partition coefficient (Wildman–Crippen LogP) is 1.96. The molecule has 1 aromatic carbocycles. The Bertz CT molecular complexity index is 678. The number of aliphatic carboxylic acids is 1. The zero-order chi connectivity index (χ0) is 17.8. The molecule has 3 atom stereocenters. The van der Waals surface area contributed by atoms with Gasteiger partial charge >= 0.3 is 5.97 Å². The molecule has 3 N–H and O–H groups in total. The average Bonchev–Trinajstić information content (AvgIpc) is 3.28. The van der Waals surface area contributed by atoms with Gasteiger partial charge in [0.05, 0.1) is 5.92 Å². The van der Waals surface area contributed by atoms with Crippen LogP contribution in [0.2, 0.25) is 0 Å². The second-order valence-electron chi connectivity index (χ2n) is 7.12. The molecular formula is C18H25N5O2. The van der Waals surface area contributed by atoms with Crippen LogP contribution in [0.5, 0.6) is 0 Å². The summed E-state index contributed by atoms with van der Waals surface area (Å²) in [5, 5.41) is 27.3. The van der Waals surface area contributed by atoms with Gasteiger partial charge in [0, 0.05) is 12.5 Å². The highest BCUT2D eigenvalue weighted by molar-refractivity contribution is 5.71. The summed E-state index contributed by atoms with van der Waals surface area (Å²) in [5.41, 5.74) is 2.43. The maximum absolute atomic E-state index is 11.8. The lowest BCUT2D eigenvalue weighted by molar-refractivity contribution is -0.144. The molecule has 7 heteroatoms. The monoisotopic (exact) mass is 343 g/mol. The zero-order valence-electron chi connectivity index (χ0n) is 14.6. The molecule has 1 unspecified atom stereocenters. The number of aromatic amines is 1. The number of nitrogens with one attached hydrogen (secondary N) is 2. The van der Waals surface area contributed by atoms with Crippen LogP contribution < -0.4 is 5.32 Å². The first-order chi connectivity index (χ1) is 12.1. The Morgan fingerprint density at radius 2 is 2.08 bits per heavy atom. The van der Waals surface area contributed by atoms with Crippen LogP contribution in [0.3, 0.4) is 0 Å². The normalized spacial score (nSPS) is 19.9. The Morgan fingerprint density at radius 1 is 1.32 bits per heavy atom. The van der Waals surface area contributed by atoms with Crippen molar-refractivity contribution in [1.29, 1.82) is 0 Å². The van der Waals surface area contributed by atoms with Crippen molar-refractivity contribution in [2.45, 2.75) is 38.5 Å². The Labute approximate surface area is 147 Å². The van der Waals surface area contributed by atoms with E-state index in [1.807, 2.05) is 13.8 Å². The number of rotatable bonds is 7. The molecule has 1 aromatic heterocycles. The first-order valence-corrected chi connectivity index (χ1v) is 8.82. The lowest BCUT2D eigenvalue weighted by Gasteiger charge is -2.24. The minimum atomic E-state index is -0.821. The topological polar surface area (TPSA) is 104 Å². The third-order valence-corrected chi connectivity index (χ3v) is 5.10. The highest BCUT2D eigenvalue weighted by atomic mass is 16.4. The molecule has 2 aromatic rings. The molecule has 1 saturated heterocycles. The second kappa shape index (κ2) is 7.74. The Kier molecular flexibility index (Phi) is 5.43. The lowest BCUT2D eigenvalue weighted by Crippen LogP contribution is -2.29. The van der Waals surface area contributed by atoms with Crippen LogP contribution in [-0.2, 0) is 11.2 Å². The molecular weight excluding hydrogens is 318 g/mol. The van der Waals surface area contributed by atoms with Crippen molar-refractivity contribution < 1.29 is 9.90 Å². The van der Waals surface area contributed by atoms with Crippen molar-refractivity contribution in [3.05, 3.63) is 41.2 Å². The van der Waals surface area contributed by atoms with Gasteiger partial charge in [0.2, 0.25) is 0 Å². The van der Waals surface area contributed by atoms with Crippen LogP contribution in [0.25, 0.3) is 0 Å². The fourth-order valence-electron chi connectivity index (χ4n) is 3.75. The molecule has 25 heavy (non-hydrogen) atoms. The summed E-state index contributed by atoms with van der Waals surface area (Å²) >= 11 is 0. The quantitative estimate of drug-likeness (QED) is 0.710. The van der Waals surface area contributed by atoms with Gasteiger partial charge in [0.1, 0.15) is 0 Å². The molecule has 0 saturated carbocycles. The molecule has 0 bridgehead atoms. The van der Waals surface area contributed by atoms with Crippen molar-refractivity contribution in [1.82, 2.24) is 25.9 Å². The van der Waals surface area contributed by atoms with Crippen molar-refractivity contribution in [2.75, 3.05) is 13.1 Å². The van der Waals surface area contributed by atoms with Crippen LogP contribution in [-0.4, -0.2) is 44.8 Å². The minimum absolute atomic E-state index is 0.0233. The summed E-state index contributed by atoms with van der Waals surface area (Å²) in [6, 6.07) is 8.51. The van der Waals surface area contributed by atoms with Gasteiger partial charge in [-0.2, -0.15) is 5.21 Å². The maximum atomic E-state index is 11.8. The molecule has 3 rings (SSSR count). The van der Waals surface area contributed by atoms with Crippen LogP contribution in [0.4, 0.5) is 0 Å². The van der Waals surface area contributed by atoms with Crippen molar-refractivity contribution >= 4 is 5.97 Å². The van der Waals surface area contributed by atoms with E-state index >= 15 is 0 Å². The molecule has 0 spiro atoms. The van der Waals surface area contributed by atoms with E-state index in [1.54, 1.807) is 0 Å². The summed E-state index contributed by atoms with van der Waals surface area (Å²) in [7, 11) is 0. The smallest absolute Gasteiger partial charge is 0.307 e. The van der Waals surface area contributed by atoms with E-state index in [1.165, 1.54) is 12.0 Å². The van der Waals surface area contributed by atoms with Gasteiger partial charge in [0.15, 0.2) is 5.82 Å². The average molecular weight is 343 g/mol. The number of H-pyrrole nitrogens is 1. The first kappa shape index (κ1) is 17.5. The SMILES string of the molecule is CC(C)[C@H](C(=O)O)[C@H](Cc1ccc(C2CCNC2)cc1)c1nn[nH]n1. The number of aromatic nitrogens is 4. The molecule has 1 fully saturated rings. The Balaban J connectivity index is 1.81. The van der Waals surface area contributed by atoms with Crippen molar-refractivity contribution in [3.63, 3.8) is 0 Å². The highest BCUT2D eigenvalue weighted by Crippen LogP contribution is 2.32. The largest absolute Gasteiger partial charge is 0.481 e. The van der Waals surface area contributed by atoms with Gasteiger partial charge in [-0.3, -0.25) is 4.79 Å². The van der Waals surface area contributed by atoms with E-state index in [4.69, 9.17) is 0 Å². The molecule has 2 heterocycles. The molecule has 0 aliphatic carbocycles. The number of carboxylic acids is 1.